The molecule has 0 amide bonds. The van der Waals surface area contributed by atoms with Crippen LogP contribution in [0.5, 0.6) is 0 Å². The quantitative estimate of drug-likeness (QED) is 0.744. The smallest absolute Gasteiger partial charge is 0.0652 e. The normalized spacial score (nSPS) is 20.0. The predicted molar refractivity (Wildman–Crippen MR) is 54.2 cm³/mol. The number of benzene rings is 1. The van der Waals surface area contributed by atoms with Gasteiger partial charge in [-0.3, -0.25) is 0 Å². The number of methoxy groups -OCH3 is 1. The van der Waals surface area contributed by atoms with Gasteiger partial charge in [-0.25, -0.2) is 0 Å². The number of ether oxygens (including phenoxy) is 1. The van der Waals surface area contributed by atoms with E-state index in [0.717, 1.165) is 12.8 Å². The van der Waals surface area contributed by atoms with Crippen molar-refractivity contribution in [3.8, 4) is 0 Å². The van der Waals surface area contributed by atoms with Crippen LogP contribution in [0, 0.1) is 0 Å². The van der Waals surface area contributed by atoms with E-state index in [0.29, 0.717) is 6.10 Å². The summed E-state index contributed by atoms with van der Waals surface area (Å²) in [5.74, 6) is 0. The molecule has 1 aromatic rings. The molecule has 0 bridgehead atoms. The number of fused-ring (bicyclic) bond motifs is 1. The highest BCUT2D eigenvalue weighted by Gasteiger charge is 2.20. The average molecular weight is 177 g/mol. The molecule has 0 saturated carbocycles. The van der Waals surface area contributed by atoms with Crippen molar-refractivity contribution in [2.75, 3.05) is 19.5 Å². The summed E-state index contributed by atoms with van der Waals surface area (Å²) in [6, 6.07) is 6.53. The fourth-order valence-electron chi connectivity index (χ4n) is 1.90. The monoisotopic (exact) mass is 177 g/mol. The molecule has 2 rings (SSSR count). The van der Waals surface area contributed by atoms with Crippen LogP contribution in [0.1, 0.15) is 11.1 Å². The summed E-state index contributed by atoms with van der Waals surface area (Å²) in [4.78, 5) is 0. The minimum atomic E-state index is 0.391. The van der Waals surface area contributed by atoms with Gasteiger partial charge in [-0.2, -0.15) is 0 Å². The minimum absolute atomic E-state index is 0.391. The molecule has 0 heterocycles. The maximum Gasteiger partial charge on any atom is 0.0652 e. The largest absolute Gasteiger partial charge is 0.388 e. The van der Waals surface area contributed by atoms with Gasteiger partial charge in [0.25, 0.3) is 0 Å². The van der Waals surface area contributed by atoms with Gasteiger partial charge in [0.2, 0.25) is 0 Å². The molecule has 1 unspecified atom stereocenters. The van der Waals surface area contributed by atoms with Gasteiger partial charge < -0.3 is 10.1 Å². The first-order valence-corrected chi connectivity index (χ1v) is 4.66. The van der Waals surface area contributed by atoms with Crippen molar-refractivity contribution >= 4 is 5.69 Å². The minimum Gasteiger partial charge on any atom is -0.388 e. The van der Waals surface area contributed by atoms with Crippen molar-refractivity contribution in [3.63, 3.8) is 0 Å². The van der Waals surface area contributed by atoms with E-state index < -0.39 is 0 Å². The molecule has 0 radical (unpaired) electrons. The first kappa shape index (κ1) is 8.57. The van der Waals surface area contributed by atoms with E-state index in [1.54, 1.807) is 7.11 Å². The number of rotatable bonds is 2. The molecule has 1 aliphatic rings. The Morgan fingerprint density at radius 2 is 2.08 bits per heavy atom. The Hall–Kier alpha value is -1.02. The van der Waals surface area contributed by atoms with Crippen molar-refractivity contribution in [1.82, 2.24) is 0 Å². The lowest BCUT2D eigenvalue weighted by molar-refractivity contribution is 0.112. The topological polar surface area (TPSA) is 21.3 Å². The van der Waals surface area contributed by atoms with Crippen molar-refractivity contribution in [2.45, 2.75) is 18.9 Å². The van der Waals surface area contributed by atoms with Gasteiger partial charge in [0, 0.05) is 19.8 Å². The van der Waals surface area contributed by atoms with Crippen LogP contribution in [-0.2, 0) is 17.6 Å². The fourth-order valence-corrected chi connectivity index (χ4v) is 1.90. The van der Waals surface area contributed by atoms with E-state index >= 15 is 0 Å². The Morgan fingerprint density at radius 1 is 1.31 bits per heavy atom. The van der Waals surface area contributed by atoms with Gasteiger partial charge in [0.1, 0.15) is 0 Å². The van der Waals surface area contributed by atoms with Crippen LogP contribution < -0.4 is 5.32 Å². The van der Waals surface area contributed by atoms with E-state index in [-0.39, 0.29) is 0 Å². The second-order valence-corrected chi connectivity index (χ2v) is 3.50. The molecule has 0 fully saturated rings. The van der Waals surface area contributed by atoms with Crippen LogP contribution in [-0.4, -0.2) is 20.3 Å². The van der Waals surface area contributed by atoms with Crippen molar-refractivity contribution in [1.29, 1.82) is 0 Å². The summed E-state index contributed by atoms with van der Waals surface area (Å²) < 4.78 is 5.35. The first-order chi connectivity index (χ1) is 6.33. The summed E-state index contributed by atoms with van der Waals surface area (Å²) in [6.45, 7) is 0. The summed E-state index contributed by atoms with van der Waals surface area (Å²) in [7, 11) is 3.74. The van der Waals surface area contributed by atoms with Crippen LogP contribution in [0.2, 0.25) is 0 Å². The molecule has 0 saturated heterocycles. The zero-order valence-corrected chi connectivity index (χ0v) is 8.13. The third kappa shape index (κ3) is 1.54. The van der Waals surface area contributed by atoms with Gasteiger partial charge >= 0.3 is 0 Å². The molecule has 70 valence electrons. The second-order valence-electron chi connectivity index (χ2n) is 3.50. The number of hydrogen-bond acceptors (Lipinski definition) is 2. The maximum absolute atomic E-state index is 5.35. The lowest BCUT2D eigenvalue weighted by Crippen LogP contribution is -2.08. The van der Waals surface area contributed by atoms with E-state index in [1.165, 1.54) is 16.8 Å². The number of nitrogens with one attached hydrogen (secondary N) is 1. The summed E-state index contributed by atoms with van der Waals surface area (Å²) in [5.41, 5.74) is 4.06. The van der Waals surface area contributed by atoms with Crippen LogP contribution in [0.25, 0.3) is 0 Å². The second kappa shape index (κ2) is 3.38. The average Bonchev–Trinajstić information content (AvgIpc) is 2.58. The predicted octanol–water partition coefficient (Wildman–Crippen LogP) is 1.84. The third-order valence-corrected chi connectivity index (χ3v) is 2.72. The summed E-state index contributed by atoms with van der Waals surface area (Å²) >= 11 is 0. The Balaban J connectivity index is 2.25. The van der Waals surface area contributed by atoms with Crippen molar-refractivity contribution in [3.05, 3.63) is 29.3 Å². The molecule has 2 nitrogen and oxygen atoms in total. The molecule has 2 heteroatoms. The molecule has 0 aromatic heterocycles. The standard InChI is InChI=1S/C11H15NO/c1-12-10-4-3-8-6-11(13-2)7-9(8)5-10/h3-5,11-12H,6-7H2,1-2H3. The van der Waals surface area contributed by atoms with E-state index in [9.17, 15) is 0 Å². The van der Waals surface area contributed by atoms with E-state index in [1.807, 2.05) is 7.05 Å². The highest BCUT2D eigenvalue weighted by Crippen LogP contribution is 2.26. The summed E-state index contributed by atoms with van der Waals surface area (Å²) in [6.07, 6.45) is 2.51. The molecule has 1 aromatic carbocycles. The molecule has 1 N–H and O–H groups in total. The van der Waals surface area contributed by atoms with E-state index in [4.69, 9.17) is 4.74 Å². The highest BCUT2D eigenvalue weighted by atomic mass is 16.5. The van der Waals surface area contributed by atoms with Crippen molar-refractivity contribution < 1.29 is 4.74 Å². The van der Waals surface area contributed by atoms with Crippen LogP contribution in [0.4, 0.5) is 5.69 Å². The Kier molecular flexibility index (Phi) is 2.23. The molecular weight excluding hydrogens is 162 g/mol. The molecule has 0 aliphatic heterocycles. The van der Waals surface area contributed by atoms with Gasteiger partial charge in [-0.1, -0.05) is 6.07 Å². The highest BCUT2D eigenvalue weighted by molar-refractivity contribution is 5.50. The Morgan fingerprint density at radius 3 is 2.77 bits per heavy atom. The zero-order chi connectivity index (χ0) is 9.26. The molecule has 1 aliphatic carbocycles. The number of anilines is 1. The maximum atomic E-state index is 5.35. The van der Waals surface area contributed by atoms with Gasteiger partial charge in [0.05, 0.1) is 6.10 Å². The lowest BCUT2D eigenvalue weighted by Gasteiger charge is -2.03. The van der Waals surface area contributed by atoms with Crippen LogP contribution in [0.15, 0.2) is 18.2 Å². The lowest BCUT2D eigenvalue weighted by atomic mass is 10.1. The Bertz CT molecular complexity index is 309. The molecular formula is C11H15NO. The molecule has 0 spiro atoms. The van der Waals surface area contributed by atoms with Crippen LogP contribution in [0.3, 0.4) is 0 Å². The fraction of sp³-hybridized carbons (Fsp3) is 0.455. The zero-order valence-electron chi connectivity index (χ0n) is 8.13. The van der Waals surface area contributed by atoms with Crippen molar-refractivity contribution in [2.24, 2.45) is 0 Å². The number of hydrogen-bond donors (Lipinski definition) is 1. The first-order valence-electron chi connectivity index (χ1n) is 4.66. The SMILES string of the molecule is CNc1ccc2c(c1)CC(OC)C2. The summed E-state index contributed by atoms with van der Waals surface area (Å²) in [5, 5.41) is 3.15. The van der Waals surface area contributed by atoms with Crippen LogP contribution >= 0.6 is 0 Å². The van der Waals surface area contributed by atoms with Gasteiger partial charge in [-0.05, 0) is 36.1 Å². The van der Waals surface area contributed by atoms with Gasteiger partial charge in [-0.15, -0.1) is 0 Å². The van der Waals surface area contributed by atoms with Gasteiger partial charge in [0.15, 0.2) is 0 Å². The third-order valence-electron chi connectivity index (χ3n) is 2.72. The molecule has 1 atom stereocenters. The molecule has 13 heavy (non-hydrogen) atoms. The van der Waals surface area contributed by atoms with E-state index in [2.05, 4.69) is 23.5 Å². The Labute approximate surface area is 78.9 Å².